The van der Waals surface area contributed by atoms with Crippen LogP contribution in [0.25, 0.3) is 5.65 Å². The van der Waals surface area contributed by atoms with E-state index >= 15 is 0 Å². The molecule has 0 spiro atoms. The second-order valence-corrected chi connectivity index (χ2v) is 11.6. The molecule has 0 bridgehead atoms. The van der Waals surface area contributed by atoms with Crippen molar-refractivity contribution >= 4 is 46.2 Å². The molecule has 218 valence electrons. The van der Waals surface area contributed by atoms with E-state index in [4.69, 9.17) is 4.98 Å². The molecule has 1 fully saturated rings. The number of fused-ring (bicyclic) bond motifs is 1. The minimum Gasteiger partial charge on any atom is -0.366 e. The molecule has 0 unspecified atom stereocenters. The van der Waals surface area contributed by atoms with E-state index in [2.05, 4.69) is 66.0 Å². The zero-order chi connectivity index (χ0) is 29.9. The first-order valence-electron chi connectivity index (χ1n) is 14.2. The van der Waals surface area contributed by atoms with E-state index in [1.165, 1.54) is 6.08 Å². The van der Waals surface area contributed by atoms with Crippen molar-refractivity contribution in [2.24, 2.45) is 0 Å². The summed E-state index contributed by atoms with van der Waals surface area (Å²) in [5.74, 6) is 1.17. The molecule has 0 aliphatic carbocycles. The van der Waals surface area contributed by atoms with Crippen molar-refractivity contribution in [3.05, 3.63) is 84.6 Å². The van der Waals surface area contributed by atoms with E-state index in [-0.39, 0.29) is 29.3 Å². The van der Waals surface area contributed by atoms with Gasteiger partial charge in [-0.2, -0.15) is 9.61 Å². The molecule has 1 atom stereocenters. The Bertz CT molecular complexity index is 1610. The highest BCUT2D eigenvalue weighted by atomic mass is 16.2. The van der Waals surface area contributed by atoms with Gasteiger partial charge in [0.1, 0.15) is 11.6 Å². The molecule has 2 aromatic heterocycles. The van der Waals surface area contributed by atoms with Gasteiger partial charge in [0.25, 0.3) is 5.91 Å². The number of benzene rings is 2. The van der Waals surface area contributed by atoms with Gasteiger partial charge in [-0.15, -0.1) is 0 Å². The molecule has 42 heavy (non-hydrogen) atoms. The number of nitrogens with one attached hydrogen (secondary N) is 5. The third-order valence-electron chi connectivity index (χ3n) is 7.39. The minimum absolute atomic E-state index is 0.142. The molecule has 10 nitrogen and oxygen atoms in total. The summed E-state index contributed by atoms with van der Waals surface area (Å²) in [6.45, 7) is 13.0. The Morgan fingerprint density at radius 1 is 1.07 bits per heavy atom. The molecular weight excluding hydrogens is 528 g/mol. The molecule has 5 rings (SSSR count). The molecule has 1 saturated heterocycles. The van der Waals surface area contributed by atoms with E-state index in [0.29, 0.717) is 16.9 Å². The highest BCUT2D eigenvalue weighted by Gasteiger charge is 2.26. The van der Waals surface area contributed by atoms with E-state index < -0.39 is 0 Å². The fourth-order valence-corrected chi connectivity index (χ4v) is 4.96. The van der Waals surface area contributed by atoms with Gasteiger partial charge in [0.2, 0.25) is 5.91 Å². The van der Waals surface area contributed by atoms with Crippen LogP contribution in [-0.4, -0.2) is 44.5 Å². The number of piperidine rings is 1. The fraction of sp³-hybridized carbons (Fsp3) is 0.312. The van der Waals surface area contributed by atoms with Gasteiger partial charge in [-0.3, -0.25) is 9.59 Å². The fourth-order valence-electron chi connectivity index (χ4n) is 4.96. The molecule has 4 aromatic rings. The SMILES string of the molecule is C=CC(=O)Nc1cccc(C(=O)Nc2cccc(Nc3cc(N[C@H]4CCC(C)(C)NC4)nc4c(C(C)C)cnn34)c2)c1. The number of anilines is 5. The van der Waals surface area contributed by atoms with Crippen molar-refractivity contribution in [1.82, 2.24) is 19.9 Å². The highest BCUT2D eigenvalue weighted by Crippen LogP contribution is 2.28. The van der Waals surface area contributed by atoms with E-state index in [0.717, 1.165) is 47.9 Å². The van der Waals surface area contributed by atoms with Crippen molar-refractivity contribution in [1.29, 1.82) is 0 Å². The van der Waals surface area contributed by atoms with Crippen molar-refractivity contribution in [3.63, 3.8) is 0 Å². The van der Waals surface area contributed by atoms with Gasteiger partial charge in [-0.25, -0.2) is 4.98 Å². The van der Waals surface area contributed by atoms with Gasteiger partial charge in [-0.1, -0.05) is 32.6 Å². The van der Waals surface area contributed by atoms with E-state index in [9.17, 15) is 9.59 Å². The van der Waals surface area contributed by atoms with Gasteiger partial charge in [0, 0.05) is 52.4 Å². The van der Waals surface area contributed by atoms with Crippen LogP contribution in [0.1, 0.15) is 62.4 Å². The molecule has 2 aromatic carbocycles. The molecule has 1 aliphatic rings. The summed E-state index contributed by atoms with van der Waals surface area (Å²) in [5, 5.41) is 21.0. The molecule has 0 saturated carbocycles. The lowest BCUT2D eigenvalue weighted by Gasteiger charge is -2.36. The first kappa shape index (κ1) is 28.8. The topological polar surface area (TPSA) is 124 Å². The number of hydrogen-bond donors (Lipinski definition) is 5. The summed E-state index contributed by atoms with van der Waals surface area (Å²) >= 11 is 0. The maximum atomic E-state index is 13.0. The molecule has 1 aliphatic heterocycles. The van der Waals surface area contributed by atoms with Crippen LogP contribution < -0.4 is 26.6 Å². The minimum atomic E-state index is -0.341. The standard InChI is InChI=1S/C32H38N8O2/c1-6-29(41)37-22-10-7-9-21(15-22)31(42)38-24-12-8-11-23(16-24)36-28-17-27(35-25-13-14-32(4,5)33-18-25)39-30-26(20(2)3)19-34-40(28)30/h6-12,15-17,19-20,25,33,36H,1,13-14,18H2,2-5H3,(H,35,39)(H,37,41)(H,38,42)/t25-/m0/s1. The van der Waals surface area contributed by atoms with Crippen LogP contribution in [0.15, 0.2) is 73.4 Å². The number of aromatic nitrogens is 3. The lowest BCUT2D eigenvalue weighted by molar-refractivity contribution is -0.111. The highest BCUT2D eigenvalue weighted by molar-refractivity contribution is 6.06. The number of carbonyl (C=O) groups excluding carboxylic acids is 2. The van der Waals surface area contributed by atoms with Crippen molar-refractivity contribution < 1.29 is 9.59 Å². The van der Waals surface area contributed by atoms with Crippen LogP contribution >= 0.6 is 0 Å². The average Bonchev–Trinajstić information content (AvgIpc) is 3.39. The molecule has 2 amide bonds. The molecule has 3 heterocycles. The van der Waals surface area contributed by atoms with Crippen LogP contribution in [-0.2, 0) is 4.79 Å². The normalized spacial score (nSPS) is 16.2. The van der Waals surface area contributed by atoms with Gasteiger partial charge < -0.3 is 26.6 Å². The number of hydrogen-bond acceptors (Lipinski definition) is 7. The van der Waals surface area contributed by atoms with Gasteiger partial charge in [-0.05, 0) is 75.1 Å². The maximum Gasteiger partial charge on any atom is 0.255 e. The summed E-state index contributed by atoms with van der Waals surface area (Å²) in [5.41, 5.74) is 4.34. The molecular formula is C32H38N8O2. The predicted molar refractivity (Wildman–Crippen MR) is 169 cm³/mol. The Labute approximate surface area is 246 Å². The van der Waals surface area contributed by atoms with Crippen LogP contribution in [0, 0.1) is 0 Å². The van der Waals surface area contributed by atoms with Crippen molar-refractivity contribution in [3.8, 4) is 0 Å². The first-order chi connectivity index (χ1) is 20.1. The number of nitrogens with zero attached hydrogens (tertiary/aromatic N) is 3. The van der Waals surface area contributed by atoms with E-state index in [1.807, 2.05) is 41.0 Å². The van der Waals surface area contributed by atoms with Gasteiger partial charge in [0.05, 0.1) is 6.20 Å². The van der Waals surface area contributed by atoms with Gasteiger partial charge >= 0.3 is 0 Å². The Morgan fingerprint density at radius 2 is 1.81 bits per heavy atom. The van der Waals surface area contributed by atoms with Crippen LogP contribution in [0.5, 0.6) is 0 Å². The number of amides is 2. The molecule has 5 N–H and O–H groups in total. The zero-order valence-corrected chi connectivity index (χ0v) is 24.5. The van der Waals surface area contributed by atoms with Crippen LogP contribution in [0.3, 0.4) is 0 Å². The van der Waals surface area contributed by atoms with Crippen LogP contribution in [0.4, 0.5) is 28.7 Å². The summed E-state index contributed by atoms with van der Waals surface area (Å²) in [4.78, 5) is 29.6. The second-order valence-electron chi connectivity index (χ2n) is 11.6. The Kier molecular flexibility index (Phi) is 8.26. The smallest absolute Gasteiger partial charge is 0.255 e. The zero-order valence-electron chi connectivity index (χ0n) is 24.5. The summed E-state index contributed by atoms with van der Waals surface area (Å²) in [6, 6.07) is 16.5. The van der Waals surface area contributed by atoms with Gasteiger partial charge in [0.15, 0.2) is 5.65 Å². The molecule has 0 radical (unpaired) electrons. The number of rotatable bonds is 9. The predicted octanol–water partition coefficient (Wildman–Crippen LogP) is 5.92. The summed E-state index contributed by atoms with van der Waals surface area (Å²) in [6.07, 6.45) is 5.18. The Hall–Kier alpha value is -4.70. The van der Waals surface area contributed by atoms with Crippen LogP contribution in [0.2, 0.25) is 0 Å². The third kappa shape index (κ3) is 6.77. The summed E-state index contributed by atoms with van der Waals surface area (Å²) < 4.78 is 1.82. The lowest BCUT2D eigenvalue weighted by Crippen LogP contribution is -2.50. The van der Waals surface area contributed by atoms with E-state index in [1.54, 1.807) is 24.3 Å². The monoisotopic (exact) mass is 566 g/mol. The number of carbonyl (C=O) groups is 2. The lowest BCUT2D eigenvalue weighted by atomic mass is 9.91. The first-order valence-corrected chi connectivity index (χ1v) is 14.2. The second kappa shape index (κ2) is 12.0. The molecule has 10 heteroatoms. The maximum absolute atomic E-state index is 13.0. The third-order valence-corrected chi connectivity index (χ3v) is 7.39. The quantitative estimate of drug-likeness (QED) is 0.159. The largest absolute Gasteiger partial charge is 0.366 e. The Balaban J connectivity index is 1.37. The van der Waals surface area contributed by atoms with Crippen molar-refractivity contribution in [2.45, 2.75) is 58.0 Å². The Morgan fingerprint density at radius 3 is 2.52 bits per heavy atom. The average molecular weight is 567 g/mol. The summed E-state index contributed by atoms with van der Waals surface area (Å²) in [7, 11) is 0. The van der Waals surface area contributed by atoms with Crippen molar-refractivity contribution in [2.75, 3.05) is 27.8 Å².